The summed E-state index contributed by atoms with van der Waals surface area (Å²) < 4.78 is 0. The molecule has 0 aliphatic heterocycles. The van der Waals surface area contributed by atoms with Crippen molar-refractivity contribution in [2.24, 2.45) is 17.8 Å². The topological polar surface area (TPSA) is 24.1 Å². The third-order valence-corrected chi connectivity index (χ3v) is 4.30. The van der Waals surface area contributed by atoms with Gasteiger partial charge in [0.1, 0.15) is 0 Å². The summed E-state index contributed by atoms with van der Waals surface area (Å²) in [5.74, 6) is 2.79. The highest BCUT2D eigenvalue weighted by Gasteiger charge is 2.29. The molecular weight excluding hydrogens is 208 g/mol. The van der Waals surface area contributed by atoms with E-state index in [0.717, 1.165) is 23.8 Å². The van der Waals surface area contributed by atoms with Gasteiger partial charge in [0.2, 0.25) is 0 Å². The molecule has 2 aliphatic rings. The van der Waals surface area contributed by atoms with Gasteiger partial charge < -0.3 is 10.6 Å². The number of nitrogens with one attached hydrogen (secondary N) is 2. The predicted octanol–water partition coefficient (Wildman–Crippen LogP) is 2.79. The Morgan fingerprint density at radius 2 is 1.82 bits per heavy atom. The van der Waals surface area contributed by atoms with Crippen molar-refractivity contribution in [2.75, 3.05) is 19.6 Å². The molecule has 0 heterocycles. The standard InChI is InChI=1S/C15H30N2/c1-12(2)10-16-11-14-6-5-13(14)4-3-9-17-15-7-8-15/h12-17H,3-11H2,1-2H3. The van der Waals surface area contributed by atoms with Gasteiger partial charge in [0, 0.05) is 6.04 Å². The quantitative estimate of drug-likeness (QED) is 0.604. The third-order valence-electron chi connectivity index (χ3n) is 4.30. The minimum atomic E-state index is 0.788. The SMILES string of the molecule is CC(C)CNCC1CCC1CCCNC1CC1. The summed E-state index contributed by atoms with van der Waals surface area (Å²) in [6.45, 7) is 8.28. The first kappa shape index (κ1) is 13.4. The van der Waals surface area contributed by atoms with Crippen LogP contribution < -0.4 is 10.6 Å². The fraction of sp³-hybridized carbons (Fsp3) is 1.00. The monoisotopic (exact) mass is 238 g/mol. The second-order valence-electron chi connectivity index (χ2n) is 6.52. The van der Waals surface area contributed by atoms with Crippen molar-refractivity contribution in [3.8, 4) is 0 Å². The molecule has 0 saturated heterocycles. The van der Waals surface area contributed by atoms with Gasteiger partial charge in [-0.15, -0.1) is 0 Å². The van der Waals surface area contributed by atoms with Gasteiger partial charge in [-0.1, -0.05) is 13.8 Å². The summed E-state index contributed by atoms with van der Waals surface area (Å²) in [6.07, 6.45) is 8.63. The molecule has 0 aromatic carbocycles. The molecule has 2 nitrogen and oxygen atoms in total. The molecule has 0 bridgehead atoms. The minimum absolute atomic E-state index is 0.788. The van der Waals surface area contributed by atoms with E-state index in [2.05, 4.69) is 24.5 Å². The number of hydrogen-bond acceptors (Lipinski definition) is 2. The Labute approximate surface area is 107 Å². The van der Waals surface area contributed by atoms with E-state index in [0.29, 0.717) is 0 Å². The van der Waals surface area contributed by atoms with E-state index >= 15 is 0 Å². The summed E-state index contributed by atoms with van der Waals surface area (Å²) in [5.41, 5.74) is 0. The van der Waals surface area contributed by atoms with E-state index in [1.54, 1.807) is 0 Å². The van der Waals surface area contributed by atoms with Crippen LogP contribution >= 0.6 is 0 Å². The summed E-state index contributed by atoms with van der Waals surface area (Å²) in [6, 6.07) is 0.889. The average molecular weight is 238 g/mol. The van der Waals surface area contributed by atoms with Gasteiger partial charge in [0.15, 0.2) is 0 Å². The second-order valence-corrected chi connectivity index (χ2v) is 6.52. The molecule has 2 saturated carbocycles. The molecule has 0 amide bonds. The Morgan fingerprint density at radius 1 is 1.06 bits per heavy atom. The molecule has 2 fully saturated rings. The van der Waals surface area contributed by atoms with Crippen LogP contribution in [0.5, 0.6) is 0 Å². The van der Waals surface area contributed by atoms with E-state index in [-0.39, 0.29) is 0 Å². The van der Waals surface area contributed by atoms with Crippen molar-refractivity contribution >= 4 is 0 Å². The third kappa shape index (κ3) is 4.97. The highest BCUT2D eigenvalue weighted by molar-refractivity contribution is 4.84. The maximum Gasteiger partial charge on any atom is 0.00682 e. The Morgan fingerprint density at radius 3 is 2.41 bits per heavy atom. The van der Waals surface area contributed by atoms with Gasteiger partial charge in [0.05, 0.1) is 0 Å². The Balaban J connectivity index is 1.46. The summed E-state index contributed by atoms with van der Waals surface area (Å²) >= 11 is 0. The lowest BCUT2D eigenvalue weighted by Gasteiger charge is -2.37. The van der Waals surface area contributed by atoms with Crippen LogP contribution in [0.15, 0.2) is 0 Å². The number of hydrogen-bond donors (Lipinski definition) is 2. The smallest absolute Gasteiger partial charge is 0.00682 e. The molecule has 17 heavy (non-hydrogen) atoms. The van der Waals surface area contributed by atoms with Crippen LogP contribution in [-0.4, -0.2) is 25.7 Å². The van der Waals surface area contributed by atoms with Crippen molar-refractivity contribution in [1.82, 2.24) is 10.6 Å². The molecule has 2 unspecified atom stereocenters. The maximum absolute atomic E-state index is 3.62. The van der Waals surface area contributed by atoms with Crippen LogP contribution in [0, 0.1) is 17.8 Å². The predicted molar refractivity (Wildman–Crippen MR) is 74.2 cm³/mol. The Hall–Kier alpha value is -0.0800. The van der Waals surface area contributed by atoms with Crippen LogP contribution in [0.4, 0.5) is 0 Å². The first-order chi connectivity index (χ1) is 8.25. The molecule has 100 valence electrons. The van der Waals surface area contributed by atoms with Gasteiger partial charge in [-0.3, -0.25) is 0 Å². The molecule has 2 atom stereocenters. The van der Waals surface area contributed by atoms with E-state index in [1.165, 1.54) is 58.2 Å². The Bertz CT molecular complexity index is 211. The summed E-state index contributed by atoms with van der Waals surface area (Å²) in [5, 5.41) is 7.24. The zero-order valence-electron chi connectivity index (χ0n) is 11.7. The van der Waals surface area contributed by atoms with Gasteiger partial charge in [-0.2, -0.15) is 0 Å². The average Bonchev–Trinajstić information content (AvgIpc) is 3.06. The van der Waals surface area contributed by atoms with Gasteiger partial charge in [-0.05, 0) is 75.9 Å². The van der Waals surface area contributed by atoms with Crippen LogP contribution in [0.2, 0.25) is 0 Å². The van der Waals surface area contributed by atoms with E-state index in [4.69, 9.17) is 0 Å². The second kappa shape index (κ2) is 6.75. The zero-order valence-corrected chi connectivity index (χ0v) is 11.7. The maximum atomic E-state index is 3.62. The van der Waals surface area contributed by atoms with Gasteiger partial charge in [0.25, 0.3) is 0 Å². The summed E-state index contributed by atoms with van der Waals surface area (Å²) in [4.78, 5) is 0. The van der Waals surface area contributed by atoms with Crippen molar-refractivity contribution in [3.63, 3.8) is 0 Å². The molecule has 0 spiro atoms. The largest absolute Gasteiger partial charge is 0.316 e. The van der Waals surface area contributed by atoms with E-state index in [9.17, 15) is 0 Å². The summed E-state index contributed by atoms with van der Waals surface area (Å²) in [7, 11) is 0. The normalized spacial score (nSPS) is 28.4. The fourth-order valence-electron chi connectivity index (χ4n) is 2.80. The molecule has 0 aromatic rings. The van der Waals surface area contributed by atoms with Gasteiger partial charge in [-0.25, -0.2) is 0 Å². The van der Waals surface area contributed by atoms with Crippen molar-refractivity contribution < 1.29 is 0 Å². The molecule has 2 aliphatic carbocycles. The Kier molecular flexibility index (Phi) is 5.30. The fourth-order valence-corrected chi connectivity index (χ4v) is 2.80. The molecule has 0 radical (unpaired) electrons. The van der Waals surface area contributed by atoms with E-state index < -0.39 is 0 Å². The molecule has 2 heteroatoms. The first-order valence-electron chi connectivity index (χ1n) is 7.70. The van der Waals surface area contributed by atoms with Gasteiger partial charge >= 0.3 is 0 Å². The highest BCUT2D eigenvalue weighted by atomic mass is 14.9. The number of rotatable bonds is 9. The lowest BCUT2D eigenvalue weighted by Crippen LogP contribution is -2.36. The molecule has 2 rings (SSSR count). The van der Waals surface area contributed by atoms with Crippen LogP contribution in [0.25, 0.3) is 0 Å². The van der Waals surface area contributed by atoms with Crippen LogP contribution in [-0.2, 0) is 0 Å². The van der Waals surface area contributed by atoms with Crippen molar-refractivity contribution in [3.05, 3.63) is 0 Å². The lowest BCUT2D eigenvalue weighted by molar-refractivity contribution is 0.156. The zero-order chi connectivity index (χ0) is 12.1. The highest BCUT2D eigenvalue weighted by Crippen LogP contribution is 2.37. The van der Waals surface area contributed by atoms with Crippen molar-refractivity contribution in [1.29, 1.82) is 0 Å². The van der Waals surface area contributed by atoms with E-state index in [1.807, 2.05) is 0 Å². The minimum Gasteiger partial charge on any atom is -0.316 e. The van der Waals surface area contributed by atoms with Crippen LogP contribution in [0.1, 0.15) is 52.4 Å². The van der Waals surface area contributed by atoms with Crippen molar-refractivity contribution in [2.45, 2.75) is 58.4 Å². The first-order valence-corrected chi connectivity index (χ1v) is 7.70. The molecule has 2 N–H and O–H groups in total. The molecular formula is C15H30N2. The lowest BCUT2D eigenvalue weighted by atomic mass is 9.71. The van der Waals surface area contributed by atoms with Crippen LogP contribution in [0.3, 0.4) is 0 Å². The molecule has 0 aromatic heterocycles.